The lowest BCUT2D eigenvalue weighted by atomic mass is 10.1. The Labute approximate surface area is 139 Å². The van der Waals surface area contributed by atoms with Gasteiger partial charge in [-0.1, -0.05) is 72.9 Å². The Hall–Kier alpha value is -1.19. The zero-order valence-corrected chi connectivity index (χ0v) is 14.4. The summed E-state index contributed by atoms with van der Waals surface area (Å²) < 4.78 is 35.9. The molecule has 0 bridgehead atoms. The molecule has 0 atom stereocenters. The van der Waals surface area contributed by atoms with Gasteiger partial charge in [-0.2, -0.15) is 13.2 Å². The minimum atomic E-state index is -4.22. The molecule has 0 radical (unpaired) electrons. The summed E-state index contributed by atoms with van der Waals surface area (Å²) >= 11 is 11.4. The van der Waals surface area contributed by atoms with Crippen molar-refractivity contribution in [3.63, 3.8) is 0 Å². The maximum atomic E-state index is 12.0. The summed E-state index contributed by atoms with van der Waals surface area (Å²) in [7, 11) is 0. The van der Waals surface area contributed by atoms with E-state index in [0.717, 1.165) is 17.7 Å². The maximum absolute atomic E-state index is 12.0. The van der Waals surface area contributed by atoms with E-state index in [1.165, 1.54) is 6.07 Å². The van der Waals surface area contributed by atoms with E-state index in [-0.39, 0.29) is 0 Å². The molecule has 0 aliphatic heterocycles. The molecule has 0 amide bonds. The van der Waals surface area contributed by atoms with E-state index < -0.39 is 11.7 Å². The van der Waals surface area contributed by atoms with Crippen LogP contribution < -0.4 is 0 Å². The second-order valence-corrected chi connectivity index (χ2v) is 5.02. The monoisotopic (exact) mass is 350 g/mol. The van der Waals surface area contributed by atoms with Crippen LogP contribution in [-0.4, -0.2) is 0 Å². The quantitative estimate of drug-likeness (QED) is 0.466. The van der Waals surface area contributed by atoms with E-state index in [2.05, 4.69) is 0 Å². The third-order valence-corrected chi connectivity index (χ3v) is 3.40. The smallest absolute Gasteiger partial charge is 0.166 e. The third-order valence-electron chi connectivity index (χ3n) is 2.49. The Kier molecular flexibility index (Phi) is 9.22. The Bertz CT molecular complexity index is 558. The van der Waals surface area contributed by atoms with Gasteiger partial charge in [-0.15, -0.1) is 0 Å². The minimum Gasteiger partial charge on any atom is -0.166 e. The number of aryl methyl sites for hydroxylation is 2. The number of benzene rings is 2. The van der Waals surface area contributed by atoms with Gasteiger partial charge in [0.1, 0.15) is 0 Å². The molecule has 0 aliphatic carbocycles. The second-order valence-electron chi connectivity index (χ2n) is 4.24. The number of rotatable bonds is 0. The normalized spacial score (nSPS) is 10.0. The molecular weight excluding hydrogens is 332 g/mol. The highest BCUT2D eigenvalue weighted by atomic mass is 35.5. The van der Waals surface area contributed by atoms with Crippen LogP contribution in [0.1, 0.15) is 30.5 Å². The van der Waals surface area contributed by atoms with Gasteiger partial charge in [-0.3, -0.25) is 0 Å². The minimum absolute atomic E-state index is 0.586. The standard InChI is InChI=1S/C8H7F3.C7H6Cl2.C2H6/c1-6-3-2-4-7(5-6)8(9,10)11;1-5-3-2-4-6(8)7(5)9;1-2/h2-5H,1H3;2-4H,1H3;1-2H3. The largest absolute Gasteiger partial charge is 0.416 e. The van der Waals surface area contributed by atoms with Gasteiger partial charge in [0.25, 0.3) is 0 Å². The third kappa shape index (κ3) is 7.19. The van der Waals surface area contributed by atoms with Gasteiger partial charge in [-0.25, -0.2) is 0 Å². The molecule has 2 aromatic carbocycles. The summed E-state index contributed by atoms with van der Waals surface area (Å²) in [5, 5.41) is 1.27. The Balaban J connectivity index is 0.000000366. The predicted molar refractivity (Wildman–Crippen MR) is 88.7 cm³/mol. The first-order chi connectivity index (χ1) is 10.2. The first-order valence-corrected chi connectivity index (χ1v) is 7.52. The van der Waals surface area contributed by atoms with Gasteiger partial charge in [0.05, 0.1) is 15.6 Å². The van der Waals surface area contributed by atoms with Gasteiger partial charge in [0.15, 0.2) is 0 Å². The summed E-state index contributed by atoms with van der Waals surface area (Å²) in [6.07, 6.45) is -4.22. The van der Waals surface area contributed by atoms with Crippen molar-refractivity contribution in [3.05, 3.63) is 69.2 Å². The molecule has 2 rings (SSSR count). The molecule has 0 spiro atoms. The molecule has 0 nitrogen and oxygen atoms in total. The summed E-state index contributed by atoms with van der Waals surface area (Å²) in [6, 6.07) is 10.8. The van der Waals surface area contributed by atoms with Crippen LogP contribution >= 0.6 is 23.2 Å². The first kappa shape index (κ1) is 20.8. The van der Waals surface area contributed by atoms with Crippen molar-refractivity contribution in [1.29, 1.82) is 0 Å². The number of hydrogen-bond acceptors (Lipinski definition) is 0. The van der Waals surface area contributed by atoms with E-state index in [1.807, 2.05) is 32.9 Å². The topological polar surface area (TPSA) is 0 Å². The van der Waals surface area contributed by atoms with Crippen molar-refractivity contribution in [3.8, 4) is 0 Å². The fourth-order valence-electron chi connectivity index (χ4n) is 1.43. The highest BCUT2D eigenvalue weighted by molar-refractivity contribution is 6.42. The van der Waals surface area contributed by atoms with Crippen molar-refractivity contribution >= 4 is 23.2 Å². The van der Waals surface area contributed by atoms with Gasteiger partial charge in [0, 0.05) is 0 Å². The Morgan fingerprint density at radius 1 is 0.864 bits per heavy atom. The number of hydrogen-bond donors (Lipinski definition) is 0. The van der Waals surface area contributed by atoms with Gasteiger partial charge >= 0.3 is 6.18 Å². The number of halogens is 5. The van der Waals surface area contributed by atoms with Crippen molar-refractivity contribution in [2.45, 2.75) is 33.9 Å². The molecule has 0 aliphatic rings. The van der Waals surface area contributed by atoms with E-state index in [4.69, 9.17) is 23.2 Å². The molecule has 2 aromatic rings. The summed E-state index contributed by atoms with van der Waals surface area (Å²) in [5.41, 5.74) is 1.06. The van der Waals surface area contributed by atoms with E-state index in [0.29, 0.717) is 15.6 Å². The lowest BCUT2D eigenvalue weighted by Gasteiger charge is -2.05. The Morgan fingerprint density at radius 2 is 1.41 bits per heavy atom. The van der Waals surface area contributed by atoms with Crippen LogP contribution in [0.4, 0.5) is 13.2 Å². The molecule has 0 saturated heterocycles. The fourth-order valence-corrected chi connectivity index (χ4v) is 1.78. The molecule has 0 saturated carbocycles. The summed E-state index contributed by atoms with van der Waals surface area (Å²) in [6.45, 7) is 7.56. The van der Waals surface area contributed by atoms with Crippen LogP contribution in [0.2, 0.25) is 10.0 Å². The second kappa shape index (κ2) is 9.75. The molecule has 0 unspecified atom stereocenters. The van der Waals surface area contributed by atoms with Crippen LogP contribution in [0, 0.1) is 13.8 Å². The average molecular weight is 351 g/mol. The molecule has 0 aromatic heterocycles. The maximum Gasteiger partial charge on any atom is 0.416 e. The molecule has 5 heteroatoms. The van der Waals surface area contributed by atoms with Crippen molar-refractivity contribution < 1.29 is 13.2 Å². The van der Waals surface area contributed by atoms with Crippen LogP contribution in [0.25, 0.3) is 0 Å². The Morgan fingerprint density at radius 3 is 1.77 bits per heavy atom. The SMILES string of the molecule is CC.Cc1cccc(C(F)(F)F)c1.Cc1cccc(Cl)c1Cl. The first-order valence-electron chi connectivity index (χ1n) is 6.76. The van der Waals surface area contributed by atoms with Crippen LogP contribution in [0.15, 0.2) is 42.5 Å². The summed E-state index contributed by atoms with van der Waals surface area (Å²) in [5.74, 6) is 0. The molecule has 0 fully saturated rings. The zero-order chi connectivity index (χ0) is 17.3. The molecular formula is C17H19Cl2F3. The van der Waals surface area contributed by atoms with Gasteiger partial charge in [-0.05, 0) is 31.5 Å². The molecule has 122 valence electrons. The average Bonchev–Trinajstić information content (AvgIpc) is 2.47. The lowest BCUT2D eigenvalue weighted by molar-refractivity contribution is -0.137. The van der Waals surface area contributed by atoms with E-state index in [9.17, 15) is 13.2 Å². The number of alkyl halides is 3. The highest BCUT2D eigenvalue weighted by Gasteiger charge is 2.29. The summed E-state index contributed by atoms with van der Waals surface area (Å²) in [4.78, 5) is 0. The van der Waals surface area contributed by atoms with Crippen LogP contribution in [0.3, 0.4) is 0 Å². The molecule has 0 heterocycles. The fraction of sp³-hybridized carbons (Fsp3) is 0.294. The van der Waals surface area contributed by atoms with Gasteiger partial charge < -0.3 is 0 Å². The van der Waals surface area contributed by atoms with Crippen molar-refractivity contribution in [1.82, 2.24) is 0 Å². The van der Waals surface area contributed by atoms with E-state index in [1.54, 1.807) is 19.1 Å². The van der Waals surface area contributed by atoms with E-state index >= 15 is 0 Å². The molecule has 0 N–H and O–H groups in total. The van der Waals surface area contributed by atoms with Crippen molar-refractivity contribution in [2.24, 2.45) is 0 Å². The van der Waals surface area contributed by atoms with Crippen LogP contribution in [0.5, 0.6) is 0 Å². The van der Waals surface area contributed by atoms with Crippen LogP contribution in [-0.2, 0) is 6.18 Å². The van der Waals surface area contributed by atoms with Crippen molar-refractivity contribution in [2.75, 3.05) is 0 Å². The molecule has 22 heavy (non-hydrogen) atoms. The zero-order valence-electron chi connectivity index (χ0n) is 12.9. The van der Waals surface area contributed by atoms with Gasteiger partial charge in [0.2, 0.25) is 0 Å². The lowest BCUT2D eigenvalue weighted by Crippen LogP contribution is -2.04. The highest BCUT2D eigenvalue weighted by Crippen LogP contribution is 2.29. The predicted octanol–water partition coefficient (Wildman–Crippen LogP) is 7.34.